The number of hydrogen-bond donors (Lipinski definition) is 2. The van der Waals surface area contributed by atoms with Crippen LogP contribution < -0.4 is 16.4 Å². The van der Waals surface area contributed by atoms with Crippen molar-refractivity contribution in [1.29, 1.82) is 0 Å². The zero-order chi connectivity index (χ0) is 19.0. The summed E-state index contributed by atoms with van der Waals surface area (Å²) < 4.78 is 14.6. The lowest BCUT2D eigenvalue weighted by atomic mass is 9.94. The summed E-state index contributed by atoms with van der Waals surface area (Å²) in [5, 5.41) is 1.75. The Hall–Kier alpha value is -2.62. The molecular formula is C18H18FN5O2S. The maximum Gasteiger partial charge on any atom is 0.271 e. The van der Waals surface area contributed by atoms with E-state index < -0.39 is 0 Å². The fraction of sp³-hybridized carbons (Fsp3) is 0.278. The minimum atomic E-state index is -0.365. The Labute approximate surface area is 158 Å². The lowest BCUT2D eigenvalue weighted by Crippen LogP contribution is -2.37. The molecule has 27 heavy (non-hydrogen) atoms. The van der Waals surface area contributed by atoms with Gasteiger partial charge in [0.2, 0.25) is 0 Å². The van der Waals surface area contributed by atoms with Gasteiger partial charge in [-0.2, -0.15) is 0 Å². The fourth-order valence-corrected chi connectivity index (χ4v) is 4.02. The lowest BCUT2D eigenvalue weighted by Gasteiger charge is -2.25. The first-order valence-electron chi connectivity index (χ1n) is 8.49. The van der Waals surface area contributed by atoms with Crippen LogP contribution in [0.5, 0.6) is 0 Å². The first-order chi connectivity index (χ1) is 13.0. The number of benzene rings is 1. The third kappa shape index (κ3) is 3.36. The second-order valence-electron chi connectivity index (χ2n) is 6.53. The summed E-state index contributed by atoms with van der Waals surface area (Å²) in [6, 6.07) is 6.25. The molecule has 2 aromatic heterocycles. The summed E-state index contributed by atoms with van der Waals surface area (Å²) in [7, 11) is 1.67. The number of aromatic nitrogens is 2. The molecule has 0 radical (unpaired) electrons. The molecule has 1 aliphatic rings. The molecule has 1 amide bonds. The summed E-state index contributed by atoms with van der Waals surface area (Å²) in [4.78, 5) is 31.6. The average Bonchev–Trinajstić information content (AvgIpc) is 3.32. The number of fused-ring (bicyclic) bond motifs is 1. The van der Waals surface area contributed by atoms with E-state index in [9.17, 15) is 14.0 Å². The first-order valence-corrected chi connectivity index (χ1v) is 9.37. The number of carbonyl (C=O) groups excluding carboxylic acids is 1. The van der Waals surface area contributed by atoms with E-state index in [-0.39, 0.29) is 34.8 Å². The number of hydrogen-bond acceptors (Lipinski definition) is 6. The normalized spacial score (nSPS) is 19.5. The van der Waals surface area contributed by atoms with Crippen molar-refractivity contribution >= 4 is 22.2 Å². The standard InChI is InChI=1S/C18H18FN5O2S/c1-23(16(25)14-9-20-18-24(17(14)26)6-7-27-18)10-12-8-21-22-15(12)11-2-4-13(19)5-3-11/h2-7,9,12,15,21-22H,8,10H2,1H3. The van der Waals surface area contributed by atoms with Gasteiger partial charge in [0.15, 0.2) is 4.96 Å². The molecule has 1 fully saturated rings. The molecule has 1 aromatic carbocycles. The Bertz CT molecular complexity index is 1030. The van der Waals surface area contributed by atoms with Crippen molar-refractivity contribution in [3.63, 3.8) is 0 Å². The fourth-order valence-electron chi connectivity index (χ4n) is 3.34. The smallest absolute Gasteiger partial charge is 0.271 e. The predicted octanol–water partition coefficient (Wildman–Crippen LogP) is 1.43. The van der Waals surface area contributed by atoms with E-state index in [2.05, 4.69) is 15.8 Å². The van der Waals surface area contributed by atoms with Crippen LogP contribution in [0, 0.1) is 11.7 Å². The Morgan fingerprint density at radius 3 is 2.96 bits per heavy atom. The van der Waals surface area contributed by atoms with Crippen molar-refractivity contribution in [1.82, 2.24) is 25.1 Å². The van der Waals surface area contributed by atoms with Gasteiger partial charge in [0.05, 0.1) is 6.04 Å². The van der Waals surface area contributed by atoms with Crippen molar-refractivity contribution in [2.24, 2.45) is 5.92 Å². The molecular weight excluding hydrogens is 369 g/mol. The van der Waals surface area contributed by atoms with Gasteiger partial charge in [0, 0.05) is 43.8 Å². The number of halogens is 1. The van der Waals surface area contributed by atoms with Gasteiger partial charge in [-0.15, -0.1) is 11.3 Å². The third-order valence-corrected chi connectivity index (χ3v) is 5.52. The summed E-state index contributed by atoms with van der Waals surface area (Å²) in [5.74, 6) is -0.576. The molecule has 140 valence electrons. The Balaban J connectivity index is 1.52. The molecule has 1 saturated heterocycles. The van der Waals surface area contributed by atoms with E-state index in [1.165, 1.54) is 39.0 Å². The van der Waals surface area contributed by atoms with Gasteiger partial charge in [-0.1, -0.05) is 12.1 Å². The Kier molecular flexibility index (Phi) is 4.73. The van der Waals surface area contributed by atoms with Gasteiger partial charge in [-0.3, -0.25) is 19.4 Å². The van der Waals surface area contributed by atoms with Gasteiger partial charge >= 0.3 is 0 Å². The molecule has 0 saturated carbocycles. The van der Waals surface area contributed by atoms with Gasteiger partial charge in [-0.25, -0.2) is 14.8 Å². The molecule has 2 N–H and O–H groups in total. The number of nitrogens with one attached hydrogen (secondary N) is 2. The van der Waals surface area contributed by atoms with E-state index in [1.807, 2.05) is 0 Å². The van der Waals surface area contributed by atoms with Crippen LogP contribution in [0.1, 0.15) is 22.0 Å². The van der Waals surface area contributed by atoms with Crippen LogP contribution in [-0.2, 0) is 0 Å². The molecule has 3 aromatic rings. The first kappa shape index (κ1) is 17.8. The van der Waals surface area contributed by atoms with E-state index in [0.717, 1.165) is 5.56 Å². The van der Waals surface area contributed by atoms with Crippen molar-refractivity contribution in [2.75, 3.05) is 20.1 Å². The number of rotatable bonds is 4. The van der Waals surface area contributed by atoms with E-state index in [4.69, 9.17) is 0 Å². The molecule has 3 heterocycles. The number of hydrazine groups is 1. The third-order valence-electron chi connectivity index (χ3n) is 4.75. The summed E-state index contributed by atoms with van der Waals surface area (Å²) >= 11 is 1.34. The van der Waals surface area contributed by atoms with Crippen LogP contribution in [0.25, 0.3) is 4.96 Å². The van der Waals surface area contributed by atoms with Gasteiger partial charge < -0.3 is 4.90 Å². The lowest BCUT2D eigenvalue weighted by molar-refractivity contribution is 0.0769. The summed E-state index contributed by atoms with van der Waals surface area (Å²) in [6.07, 6.45) is 2.96. The average molecular weight is 387 g/mol. The Morgan fingerprint density at radius 1 is 1.41 bits per heavy atom. The molecule has 1 aliphatic heterocycles. The maximum absolute atomic E-state index is 13.2. The number of thiazole rings is 1. The highest BCUT2D eigenvalue weighted by molar-refractivity contribution is 7.15. The summed E-state index contributed by atoms with van der Waals surface area (Å²) in [5.41, 5.74) is 6.89. The van der Waals surface area contributed by atoms with Crippen LogP contribution in [0.2, 0.25) is 0 Å². The van der Waals surface area contributed by atoms with Crippen molar-refractivity contribution in [3.8, 4) is 0 Å². The predicted molar refractivity (Wildman–Crippen MR) is 100 cm³/mol. The summed E-state index contributed by atoms with van der Waals surface area (Å²) in [6.45, 7) is 1.09. The largest absolute Gasteiger partial charge is 0.341 e. The van der Waals surface area contributed by atoms with Crippen LogP contribution in [0.3, 0.4) is 0 Å². The van der Waals surface area contributed by atoms with Gasteiger partial charge in [0.1, 0.15) is 11.4 Å². The zero-order valence-electron chi connectivity index (χ0n) is 14.6. The monoisotopic (exact) mass is 387 g/mol. The van der Waals surface area contributed by atoms with Crippen LogP contribution in [0.4, 0.5) is 4.39 Å². The molecule has 0 aliphatic carbocycles. The molecule has 2 unspecified atom stereocenters. The van der Waals surface area contributed by atoms with Crippen molar-refractivity contribution in [3.05, 3.63) is 69.3 Å². The number of amides is 1. The quantitative estimate of drug-likeness (QED) is 0.708. The molecule has 9 heteroatoms. The maximum atomic E-state index is 13.2. The van der Waals surface area contributed by atoms with Crippen LogP contribution >= 0.6 is 11.3 Å². The van der Waals surface area contributed by atoms with E-state index >= 15 is 0 Å². The second kappa shape index (κ2) is 7.18. The highest BCUT2D eigenvalue weighted by Gasteiger charge is 2.31. The molecule has 7 nitrogen and oxygen atoms in total. The highest BCUT2D eigenvalue weighted by atomic mass is 32.1. The van der Waals surface area contributed by atoms with E-state index in [1.54, 1.807) is 30.8 Å². The van der Waals surface area contributed by atoms with Crippen molar-refractivity contribution in [2.45, 2.75) is 6.04 Å². The van der Waals surface area contributed by atoms with Crippen LogP contribution in [-0.4, -0.2) is 40.3 Å². The minimum absolute atomic E-state index is 0.0469. The molecule has 2 atom stereocenters. The number of carbonyl (C=O) groups is 1. The second-order valence-corrected chi connectivity index (χ2v) is 7.41. The van der Waals surface area contributed by atoms with Gasteiger partial charge in [-0.05, 0) is 17.7 Å². The van der Waals surface area contributed by atoms with Crippen molar-refractivity contribution < 1.29 is 9.18 Å². The minimum Gasteiger partial charge on any atom is -0.341 e. The highest BCUT2D eigenvalue weighted by Crippen LogP contribution is 2.26. The van der Waals surface area contributed by atoms with Gasteiger partial charge in [0.25, 0.3) is 11.5 Å². The number of nitrogens with zero attached hydrogens (tertiary/aromatic N) is 3. The van der Waals surface area contributed by atoms with Crippen LogP contribution in [0.15, 0.2) is 46.8 Å². The van der Waals surface area contributed by atoms with E-state index in [0.29, 0.717) is 18.1 Å². The SMILES string of the molecule is CN(CC1CNNC1c1ccc(F)cc1)C(=O)c1cnc2sccn2c1=O. The molecule has 0 spiro atoms. The topological polar surface area (TPSA) is 78.7 Å². The molecule has 0 bridgehead atoms. The zero-order valence-corrected chi connectivity index (χ0v) is 15.4. The molecule has 4 rings (SSSR count). The Morgan fingerprint density at radius 2 is 2.19 bits per heavy atom.